The predicted molar refractivity (Wildman–Crippen MR) is 114 cm³/mol. The fourth-order valence-electron chi connectivity index (χ4n) is 4.02. The molecule has 30 heavy (non-hydrogen) atoms. The Balaban J connectivity index is 0.000000575. The first-order valence-corrected chi connectivity index (χ1v) is 10.2. The second-order valence-electron chi connectivity index (χ2n) is 8.26. The summed E-state index contributed by atoms with van der Waals surface area (Å²) in [6, 6.07) is 6.67. The molecule has 0 atom stereocenters. The molecule has 3 rings (SSSR count). The van der Waals surface area contributed by atoms with Crippen molar-refractivity contribution in [3.8, 4) is 11.3 Å². The van der Waals surface area contributed by atoms with Gasteiger partial charge in [-0.05, 0) is 49.3 Å². The van der Waals surface area contributed by atoms with E-state index in [0.717, 1.165) is 43.0 Å². The largest absolute Gasteiger partial charge is 0.673 e. The zero-order valence-electron chi connectivity index (χ0n) is 18.5. The van der Waals surface area contributed by atoms with Gasteiger partial charge in [0.1, 0.15) is 24.6 Å². The van der Waals surface area contributed by atoms with Crippen molar-refractivity contribution in [1.82, 2.24) is 4.58 Å². The average molecular weight is 427 g/mol. The number of halogens is 4. The Labute approximate surface area is 175 Å². The Bertz CT molecular complexity index is 943. The van der Waals surface area contributed by atoms with Crippen LogP contribution in [0.25, 0.3) is 16.9 Å². The van der Waals surface area contributed by atoms with Gasteiger partial charge in [0.2, 0.25) is 5.36 Å². The van der Waals surface area contributed by atoms with Gasteiger partial charge >= 0.3 is 7.25 Å². The highest BCUT2D eigenvalue weighted by molar-refractivity contribution is 6.50. The van der Waals surface area contributed by atoms with Crippen LogP contribution in [-0.2, 0) is 16.6 Å². The number of ether oxygens (including phenoxy) is 1. The first kappa shape index (κ1) is 24.0. The highest BCUT2D eigenvalue weighted by atomic mass is 19.5. The Hall–Kier alpha value is -2.25. The summed E-state index contributed by atoms with van der Waals surface area (Å²) in [6.45, 7) is 13.2. The number of nitrogens with zero attached hydrogens (tertiary/aromatic N) is 1. The summed E-state index contributed by atoms with van der Waals surface area (Å²) in [4.78, 5) is 0. The van der Waals surface area contributed by atoms with Gasteiger partial charge in [0, 0.05) is 17.2 Å². The molecule has 0 amide bonds. The van der Waals surface area contributed by atoms with E-state index in [1.54, 1.807) is 7.11 Å². The molecular weight excluding hydrogens is 397 g/mol. The van der Waals surface area contributed by atoms with Crippen LogP contribution < -0.4 is 9.93 Å². The summed E-state index contributed by atoms with van der Waals surface area (Å²) in [5.74, 6) is 1.98. The normalized spacial score (nSPS) is 15.1. The molecule has 1 heterocycles. The third-order valence-electron chi connectivity index (χ3n) is 5.10. The van der Waals surface area contributed by atoms with Crippen molar-refractivity contribution in [3.05, 3.63) is 46.7 Å². The summed E-state index contributed by atoms with van der Waals surface area (Å²) < 4.78 is 53.0. The first-order chi connectivity index (χ1) is 13.9. The van der Waals surface area contributed by atoms with Gasteiger partial charge in [-0.1, -0.05) is 20.8 Å². The Kier molecular flexibility index (Phi) is 7.42. The van der Waals surface area contributed by atoms with Gasteiger partial charge < -0.3 is 26.4 Å². The molecule has 0 aromatic carbocycles. The molecule has 3 aliphatic rings. The van der Waals surface area contributed by atoms with E-state index in [-0.39, 0.29) is 5.41 Å². The molecular formula is C22H30BF4NO2. The van der Waals surface area contributed by atoms with E-state index in [1.165, 1.54) is 22.0 Å². The van der Waals surface area contributed by atoms with E-state index >= 15 is 0 Å². The number of hydrogen-bond acceptors (Lipinski definition) is 2. The van der Waals surface area contributed by atoms with Crippen LogP contribution >= 0.6 is 0 Å². The van der Waals surface area contributed by atoms with Crippen molar-refractivity contribution < 1.29 is 26.4 Å². The molecule has 0 radical (unpaired) electrons. The van der Waals surface area contributed by atoms with Gasteiger partial charge in [0.15, 0.2) is 0 Å². The van der Waals surface area contributed by atoms with E-state index in [1.807, 2.05) is 6.26 Å². The van der Waals surface area contributed by atoms with Gasteiger partial charge in [0.25, 0.3) is 0 Å². The highest BCUT2D eigenvalue weighted by Crippen LogP contribution is 2.45. The molecule has 0 aromatic heterocycles. The van der Waals surface area contributed by atoms with Gasteiger partial charge in [0.05, 0.1) is 19.4 Å². The Morgan fingerprint density at radius 2 is 1.70 bits per heavy atom. The highest BCUT2D eigenvalue weighted by Gasteiger charge is 2.32. The molecule has 1 aliphatic heterocycles. The van der Waals surface area contributed by atoms with Crippen molar-refractivity contribution in [2.75, 3.05) is 20.2 Å². The lowest BCUT2D eigenvalue weighted by Crippen LogP contribution is -2.29. The molecule has 166 valence electrons. The summed E-state index contributed by atoms with van der Waals surface area (Å²) in [5, 5.41) is 1.22. The van der Waals surface area contributed by atoms with E-state index in [2.05, 4.69) is 57.4 Å². The number of methoxy groups -OCH3 is 1. The van der Waals surface area contributed by atoms with Gasteiger partial charge in [-0.2, -0.15) is 0 Å². The fraction of sp³-hybridized carbons (Fsp3) is 0.500. The maximum atomic E-state index is 9.75. The van der Waals surface area contributed by atoms with Crippen LogP contribution in [0, 0.1) is 0 Å². The van der Waals surface area contributed by atoms with E-state index in [4.69, 9.17) is 9.15 Å². The molecule has 0 unspecified atom stereocenters. The molecule has 0 saturated heterocycles. The molecule has 0 bridgehead atoms. The maximum absolute atomic E-state index is 9.75. The molecule has 0 aromatic rings. The molecule has 3 nitrogen and oxygen atoms in total. The summed E-state index contributed by atoms with van der Waals surface area (Å²) in [5.41, 5.74) is 5.23. The standard InChI is InChI=1S/C22H30NO2.BF4/c1-7-23(8-2)16-10-12-17-19(13-16)25-21-15(14-24-6)9-11-18(21)20(17)22(3,4)5;2-1(3,4)5/h10,12-14H,7-9,11H2,1-6H3;/q+1;-1. The van der Waals surface area contributed by atoms with Crippen molar-refractivity contribution in [3.63, 3.8) is 0 Å². The maximum Gasteiger partial charge on any atom is 0.673 e. The van der Waals surface area contributed by atoms with Crippen molar-refractivity contribution >= 4 is 12.8 Å². The Morgan fingerprint density at radius 1 is 1.10 bits per heavy atom. The van der Waals surface area contributed by atoms with E-state index < -0.39 is 7.25 Å². The second kappa shape index (κ2) is 9.27. The number of benzene rings is 1. The minimum atomic E-state index is -6.00. The van der Waals surface area contributed by atoms with Crippen molar-refractivity contribution in [2.24, 2.45) is 0 Å². The van der Waals surface area contributed by atoms with Crippen LogP contribution in [0.3, 0.4) is 0 Å². The van der Waals surface area contributed by atoms with Gasteiger partial charge in [-0.25, -0.2) is 4.58 Å². The van der Waals surface area contributed by atoms with Crippen molar-refractivity contribution in [1.29, 1.82) is 0 Å². The van der Waals surface area contributed by atoms with Gasteiger partial charge in [-0.3, -0.25) is 0 Å². The van der Waals surface area contributed by atoms with Gasteiger partial charge in [-0.15, -0.1) is 0 Å². The molecule has 0 spiro atoms. The molecule has 2 aliphatic carbocycles. The van der Waals surface area contributed by atoms with Crippen LogP contribution in [0.15, 0.2) is 28.9 Å². The SMILES string of the molecule is CC[N+](CC)=c1ccc2c(C(C)(C)C)c3c(oc-2c1)C(=COC)CC3.F[B-](F)(F)F. The summed E-state index contributed by atoms with van der Waals surface area (Å²) >= 11 is 0. The third-order valence-corrected chi connectivity index (χ3v) is 5.10. The monoisotopic (exact) mass is 427 g/mol. The lowest BCUT2D eigenvalue weighted by atomic mass is 9.79. The van der Waals surface area contributed by atoms with Crippen LogP contribution in [0.5, 0.6) is 0 Å². The lowest BCUT2D eigenvalue weighted by molar-refractivity contribution is 0.338. The first-order valence-electron chi connectivity index (χ1n) is 10.2. The third kappa shape index (κ3) is 5.67. The smallest absolute Gasteiger partial charge is 0.504 e. The molecule has 0 N–H and O–H groups in total. The summed E-state index contributed by atoms with van der Waals surface area (Å²) in [6.07, 6.45) is 3.84. The minimum absolute atomic E-state index is 0.0678. The van der Waals surface area contributed by atoms with Crippen LogP contribution in [-0.4, -0.2) is 27.5 Å². The number of rotatable bonds is 3. The predicted octanol–water partition coefficient (Wildman–Crippen LogP) is 5.73. The zero-order chi connectivity index (χ0) is 22.7. The number of fused-ring (bicyclic) bond motifs is 2. The quantitative estimate of drug-likeness (QED) is 0.271. The van der Waals surface area contributed by atoms with E-state index in [0.29, 0.717) is 0 Å². The average Bonchev–Trinajstić information content (AvgIpc) is 3.01. The molecule has 0 fully saturated rings. The van der Waals surface area contributed by atoms with Crippen LogP contribution in [0.1, 0.15) is 57.9 Å². The fourth-order valence-corrected chi connectivity index (χ4v) is 4.02. The van der Waals surface area contributed by atoms with Crippen molar-refractivity contribution in [2.45, 2.75) is 52.9 Å². The Morgan fingerprint density at radius 3 is 2.20 bits per heavy atom. The van der Waals surface area contributed by atoms with Crippen LogP contribution in [0.2, 0.25) is 0 Å². The van der Waals surface area contributed by atoms with E-state index in [9.17, 15) is 17.3 Å². The second-order valence-corrected chi connectivity index (χ2v) is 8.26. The molecule has 8 heteroatoms. The minimum Gasteiger partial charge on any atom is -0.504 e. The lowest BCUT2D eigenvalue weighted by Gasteiger charge is -2.26. The van der Waals surface area contributed by atoms with Crippen LogP contribution in [0.4, 0.5) is 17.3 Å². The number of hydrogen-bond donors (Lipinski definition) is 0. The topological polar surface area (TPSA) is 25.4 Å². The molecule has 0 saturated carbocycles. The summed E-state index contributed by atoms with van der Waals surface area (Å²) in [7, 11) is -4.30. The zero-order valence-corrected chi connectivity index (χ0v) is 18.5. The number of allylic oxidation sites excluding steroid dienone is 1.